The van der Waals surface area contributed by atoms with Crippen LogP contribution in [0.5, 0.6) is 0 Å². The van der Waals surface area contributed by atoms with Crippen LogP contribution < -0.4 is 16.0 Å². The number of nitrogens with one attached hydrogen (secondary N) is 3. The van der Waals surface area contributed by atoms with E-state index in [0.29, 0.717) is 19.1 Å². The first kappa shape index (κ1) is 19.1. The molecule has 0 radical (unpaired) electrons. The Bertz CT molecular complexity index is 379. The van der Waals surface area contributed by atoms with Gasteiger partial charge in [-0.05, 0) is 25.5 Å². The van der Waals surface area contributed by atoms with E-state index < -0.39 is 0 Å². The van der Waals surface area contributed by atoms with Crippen LogP contribution in [0.2, 0.25) is 0 Å². The Hall–Kier alpha value is -0.910. The maximum Gasteiger partial charge on any atom is 0.225 e. The fraction of sp³-hybridized carbons (Fsp3) is 0.875. The third kappa shape index (κ3) is 6.90. The predicted octanol–water partition coefficient (Wildman–Crippen LogP) is 1.99. The number of hydrogen-bond acceptors (Lipinski definition) is 3. The molecule has 1 rings (SSSR count). The summed E-state index contributed by atoms with van der Waals surface area (Å²) in [6.07, 6.45) is 7.20. The molecule has 1 fully saturated rings. The van der Waals surface area contributed by atoms with Gasteiger partial charge in [0.05, 0.1) is 0 Å². The lowest BCUT2D eigenvalue weighted by Crippen LogP contribution is -2.48. The number of amides is 1. The van der Waals surface area contributed by atoms with Crippen LogP contribution in [-0.4, -0.2) is 49.6 Å². The van der Waals surface area contributed by atoms with Crippen LogP contribution in [0.4, 0.5) is 0 Å². The van der Waals surface area contributed by atoms with E-state index in [2.05, 4.69) is 27.2 Å². The number of rotatable bonds is 5. The highest BCUT2D eigenvalue weighted by Gasteiger charge is 2.22. The molecule has 5 nitrogen and oxygen atoms in total. The number of aliphatic imine (C=N–C) groups is 1. The maximum atomic E-state index is 11.8. The van der Waals surface area contributed by atoms with Crippen molar-refractivity contribution >= 4 is 23.6 Å². The molecule has 0 aliphatic heterocycles. The second kappa shape index (κ2) is 9.28. The first-order chi connectivity index (χ1) is 10.4. The average Bonchev–Trinajstić information content (AvgIpc) is 2.49. The van der Waals surface area contributed by atoms with E-state index >= 15 is 0 Å². The summed E-state index contributed by atoms with van der Waals surface area (Å²) < 4.78 is 0. The van der Waals surface area contributed by atoms with E-state index in [1.807, 2.05) is 32.5 Å². The Morgan fingerprint density at radius 2 is 1.91 bits per heavy atom. The summed E-state index contributed by atoms with van der Waals surface area (Å²) in [7, 11) is 1.79. The molecular weight excluding hydrogens is 296 g/mol. The molecule has 0 bridgehead atoms. The number of guanidine groups is 1. The van der Waals surface area contributed by atoms with E-state index in [9.17, 15) is 4.79 Å². The lowest BCUT2D eigenvalue weighted by Gasteiger charge is -2.29. The second-order valence-electron chi connectivity index (χ2n) is 6.87. The molecule has 0 aromatic rings. The van der Waals surface area contributed by atoms with Gasteiger partial charge in [0.1, 0.15) is 0 Å². The molecule has 0 spiro atoms. The van der Waals surface area contributed by atoms with E-state index in [4.69, 9.17) is 0 Å². The van der Waals surface area contributed by atoms with Gasteiger partial charge in [-0.1, -0.05) is 27.2 Å². The van der Waals surface area contributed by atoms with Crippen molar-refractivity contribution < 1.29 is 4.79 Å². The number of thioether (sulfide) groups is 1. The molecule has 2 unspecified atom stereocenters. The van der Waals surface area contributed by atoms with Crippen LogP contribution in [0.15, 0.2) is 4.99 Å². The monoisotopic (exact) mass is 328 g/mol. The van der Waals surface area contributed by atoms with Crippen molar-refractivity contribution in [2.75, 3.05) is 26.4 Å². The van der Waals surface area contributed by atoms with Gasteiger partial charge in [-0.15, -0.1) is 0 Å². The highest BCUT2D eigenvalue weighted by atomic mass is 32.2. The molecule has 1 aliphatic carbocycles. The third-order valence-corrected chi connectivity index (χ3v) is 5.00. The minimum Gasteiger partial charge on any atom is -0.355 e. The van der Waals surface area contributed by atoms with E-state index in [1.54, 1.807) is 7.05 Å². The van der Waals surface area contributed by atoms with Crippen LogP contribution >= 0.6 is 11.8 Å². The molecule has 2 atom stereocenters. The molecule has 0 saturated heterocycles. The topological polar surface area (TPSA) is 65.5 Å². The standard InChI is InChI=1S/C16H32N4OS/c1-16(2,3)14(21)18-9-10-19-15(17-4)20-12-7-6-8-13(11-12)22-5/h12-13H,6-11H2,1-5H3,(H,18,21)(H2,17,19,20). The van der Waals surface area contributed by atoms with Crippen molar-refractivity contribution in [3.8, 4) is 0 Å². The minimum absolute atomic E-state index is 0.0762. The Kier molecular flexibility index (Phi) is 8.07. The lowest BCUT2D eigenvalue weighted by atomic mass is 9.95. The summed E-state index contributed by atoms with van der Waals surface area (Å²) in [5.74, 6) is 0.907. The Morgan fingerprint density at radius 1 is 1.23 bits per heavy atom. The minimum atomic E-state index is -0.338. The van der Waals surface area contributed by atoms with Crippen LogP contribution in [0.3, 0.4) is 0 Å². The largest absolute Gasteiger partial charge is 0.355 e. The van der Waals surface area contributed by atoms with Crippen molar-refractivity contribution in [1.29, 1.82) is 0 Å². The maximum absolute atomic E-state index is 11.8. The summed E-state index contributed by atoms with van der Waals surface area (Å²) in [5, 5.41) is 10.5. The summed E-state index contributed by atoms with van der Waals surface area (Å²) in [6.45, 7) is 7.04. The van der Waals surface area contributed by atoms with Gasteiger partial charge in [0.25, 0.3) is 0 Å². The fourth-order valence-electron chi connectivity index (χ4n) is 2.50. The van der Waals surface area contributed by atoms with E-state index in [1.165, 1.54) is 25.7 Å². The van der Waals surface area contributed by atoms with Crippen molar-refractivity contribution in [2.24, 2.45) is 10.4 Å². The predicted molar refractivity (Wildman–Crippen MR) is 96.5 cm³/mol. The second-order valence-corrected chi connectivity index (χ2v) is 8.01. The average molecular weight is 329 g/mol. The van der Waals surface area contributed by atoms with Gasteiger partial charge >= 0.3 is 0 Å². The normalized spacial score (nSPS) is 23.0. The number of carbonyl (C=O) groups is 1. The highest BCUT2D eigenvalue weighted by Crippen LogP contribution is 2.26. The highest BCUT2D eigenvalue weighted by molar-refractivity contribution is 7.99. The van der Waals surface area contributed by atoms with Crippen molar-refractivity contribution in [3.63, 3.8) is 0 Å². The zero-order valence-electron chi connectivity index (χ0n) is 14.7. The van der Waals surface area contributed by atoms with Crippen molar-refractivity contribution in [2.45, 2.75) is 57.7 Å². The van der Waals surface area contributed by atoms with Gasteiger partial charge in [-0.2, -0.15) is 11.8 Å². The fourth-order valence-corrected chi connectivity index (χ4v) is 3.33. The third-order valence-electron chi connectivity index (χ3n) is 3.91. The molecule has 3 N–H and O–H groups in total. The van der Waals surface area contributed by atoms with E-state index in [0.717, 1.165) is 11.2 Å². The molecule has 0 aromatic heterocycles. The van der Waals surface area contributed by atoms with Gasteiger partial charge in [0, 0.05) is 36.8 Å². The summed E-state index contributed by atoms with van der Waals surface area (Å²) in [4.78, 5) is 16.1. The molecule has 0 aromatic carbocycles. The number of carbonyl (C=O) groups excluding carboxylic acids is 1. The summed E-state index contributed by atoms with van der Waals surface area (Å²) in [5.41, 5.74) is -0.338. The van der Waals surface area contributed by atoms with Crippen molar-refractivity contribution in [3.05, 3.63) is 0 Å². The van der Waals surface area contributed by atoms with E-state index in [-0.39, 0.29) is 11.3 Å². The number of nitrogens with zero attached hydrogens (tertiary/aromatic N) is 1. The van der Waals surface area contributed by atoms with Crippen LogP contribution in [0.1, 0.15) is 46.5 Å². The van der Waals surface area contributed by atoms with Gasteiger partial charge in [0.2, 0.25) is 5.91 Å². The molecule has 22 heavy (non-hydrogen) atoms. The first-order valence-corrected chi connectivity index (χ1v) is 9.44. The zero-order chi connectivity index (χ0) is 16.6. The summed E-state index contributed by atoms with van der Waals surface area (Å²) in [6, 6.07) is 0.501. The Morgan fingerprint density at radius 3 is 2.50 bits per heavy atom. The Labute approximate surface area is 139 Å². The van der Waals surface area contributed by atoms with Crippen LogP contribution in [0.25, 0.3) is 0 Å². The van der Waals surface area contributed by atoms with Gasteiger partial charge < -0.3 is 16.0 Å². The number of hydrogen-bond donors (Lipinski definition) is 3. The van der Waals surface area contributed by atoms with Gasteiger partial charge in [0.15, 0.2) is 5.96 Å². The molecule has 1 saturated carbocycles. The smallest absolute Gasteiger partial charge is 0.225 e. The lowest BCUT2D eigenvalue weighted by molar-refractivity contribution is -0.128. The first-order valence-electron chi connectivity index (χ1n) is 8.15. The summed E-state index contributed by atoms with van der Waals surface area (Å²) >= 11 is 1.96. The molecular formula is C16H32N4OS. The molecule has 0 heterocycles. The van der Waals surface area contributed by atoms with Crippen LogP contribution in [-0.2, 0) is 4.79 Å². The molecule has 1 amide bonds. The van der Waals surface area contributed by atoms with Crippen LogP contribution in [0, 0.1) is 5.41 Å². The zero-order valence-corrected chi connectivity index (χ0v) is 15.5. The molecule has 1 aliphatic rings. The van der Waals surface area contributed by atoms with Crippen molar-refractivity contribution in [1.82, 2.24) is 16.0 Å². The van der Waals surface area contributed by atoms with Gasteiger partial charge in [-0.3, -0.25) is 9.79 Å². The Balaban J connectivity index is 2.27. The molecule has 128 valence electrons. The molecule has 6 heteroatoms. The quantitative estimate of drug-likeness (QED) is 0.410. The SMILES string of the molecule is CN=C(NCCNC(=O)C(C)(C)C)NC1CCCC(SC)C1. The van der Waals surface area contributed by atoms with Gasteiger partial charge in [-0.25, -0.2) is 0 Å².